The van der Waals surface area contributed by atoms with Crippen LogP contribution in [-0.2, 0) is 5.60 Å². The molecule has 0 aliphatic carbocycles. The van der Waals surface area contributed by atoms with E-state index in [2.05, 4.69) is 0 Å². The topological polar surface area (TPSA) is 20.2 Å². The van der Waals surface area contributed by atoms with Gasteiger partial charge in [-0.3, -0.25) is 0 Å². The SMILES string of the molecule is OC(CCCl)(c1ccccc1)c1ccc(F)cc1. The van der Waals surface area contributed by atoms with Crippen molar-refractivity contribution in [2.75, 3.05) is 5.88 Å². The standard InChI is InChI=1S/C15H14ClFO/c16-11-10-15(18,12-4-2-1-3-5-12)13-6-8-14(17)9-7-13/h1-9,18H,10-11H2. The van der Waals surface area contributed by atoms with Crippen LogP contribution in [0.3, 0.4) is 0 Å². The smallest absolute Gasteiger partial charge is 0.123 e. The van der Waals surface area contributed by atoms with E-state index in [1.54, 1.807) is 12.1 Å². The second-order valence-electron chi connectivity index (χ2n) is 4.17. The lowest BCUT2D eigenvalue weighted by molar-refractivity contribution is 0.0774. The minimum atomic E-state index is -1.17. The van der Waals surface area contributed by atoms with Crippen molar-refractivity contribution in [3.63, 3.8) is 0 Å². The van der Waals surface area contributed by atoms with Gasteiger partial charge < -0.3 is 5.11 Å². The maximum absolute atomic E-state index is 13.0. The highest BCUT2D eigenvalue weighted by atomic mass is 35.5. The van der Waals surface area contributed by atoms with Crippen LogP contribution in [0.4, 0.5) is 4.39 Å². The summed E-state index contributed by atoms with van der Waals surface area (Å²) in [6.45, 7) is 0. The largest absolute Gasteiger partial charge is 0.380 e. The van der Waals surface area contributed by atoms with E-state index in [4.69, 9.17) is 11.6 Å². The maximum Gasteiger partial charge on any atom is 0.123 e. The zero-order valence-electron chi connectivity index (χ0n) is 9.81. The van der Waals surface area contributed by atoms with Gasteiger partial charge in [0, 0.05) is 5.88 Å². The lowest BCUT2D eigenvalue weighted by atomic mass is 9.84. The number of rotatable bonds is 4. The second-order valence-corrected chi connectivity index (χ2v) is 4.55. The Hall–Kier alpha value is -1.38. The summed E-state index contributed by atoms with van der Waals surface area (Å²) < 4.78 is 13.0. The van der Waals surface area contributed by atoms with Gasteiger partial charge in [0.2, 0.25) is 0 Å². The summed E-state index contributed by atoms with van der Waals surface area (Å²) in [6.07, 6.45) is 0.379. The van der Waals surface area contributed by atoms with Crippen molar-refractivity contribution >= 4 is 11.6 Å². The number of hydrogen-bond acceptors (Lipinski definition) is 1. The van der Waals surface area contributed by atoms with Crippen LogP contribution in [0.1, 0.15) is 17.5 Å². The molecule has 0 heterocycles. The highest BCUT2D eigenvalue weighted by molar-refractivity contribution is 6.17. The first kappa shape index (κ1) is 13.1. The minimum absolute atomic E-state index is 0.319. The van der Waals surface area contributed by atoms with Crippen LogP contribution >= 0.6 is 11.6 Å². The van der Waals surface area contributed by atoms with Gasteiger partial charge in [-0.05, 0) is 29.7 Å². The first-order valence-electron chi connectivity index (χ1n) is 5.77. The number of aliphatic hydroxyl groups is 1. The lowest BCUT2D eigenvalue weighted by Gasteiger charge is -2.28. The molecule has 3 heteroatoms. The molecule has 0 aliphatic rings. The van der Waals surface area contributed by atoms with Crippen molar-refractivity contribution in [3.8, 4) is 0 Å². The van der Waals surface area contributed by atoms with Crippen molar-refractivity contribution in [2.45, 2.75) is 12.0 Å². The third-order valence-electron chi connectivity index (χ3n) is 3.03. The molecule has 0 fully saturated rings. The molecule has 94 valence electrons. The molecule has 1 N–H and O–H groups in total. The fourth-order valence-electron chi connectivity index (χ4n) is 2.03. The molecule has 0 saturated heterocycles. The molecule has 0 bridgehead atoms. The third kappa shape index (κ3) is 2.55. The molecule has 18 heavy (non-hydrogen) atoms. The van der Waals surface area contributed by atoms with E-state index in [1.807, 2.05) is 30.3 Å². The van der Waals surface area contributed by atoms with Crippen LogP contribution in [0.2, 0.25) is 0 Å². The molecule has 1 unspecified atom stereocenters. The maximum atomic E-state index is 13.0. The molecule has 0 aromatic heterocycles. The molecule has 0 amide bonds. The third-order valence-corrected chi connectivity index (χ3v) is 3.22. The van der Waals surface area contributed by atoms with Gasteiger partial charge in [-0.2, -0.15) is 0 Å². The fraction of sp³-hybridized carbons (Fsp3) is 0.200. The molecule has 0 spiro atoms. The van der Waals surface area contributed by atoms with E-state index in [9.17, 15) is 9.50 Å². The first-order valence-corrected chi connectivity index (χ1v) is 6.30. The second kappa shape index (κ2) is 5.51. The highest BCUT2D eigenvalue weighted by Gasteiger charge is 2.30. The van der Waals surface area contributed by atoms with Gasteiger partial charge in [0.15, 0.2) is 0 Å². The Morgan fingerprint density at radius 3 is 2.06 bits per heavy atom. The molecule has 0 radical (unpaired) electrons. The van der Waals surface area contributed by atoms with Gasteiger partial charge in [0.25, 0.3) is 0 Å². The summed E-state index contributed by atoms with van der Waals surface area (Å²) >= 11 is 5.78. The number of hydrogen-bond donors (Lipinski definition) is 1. The Bertz CT molecular complexity index is 498. The predicted octanol–water partition coefficient (Wildman–Crippen LogP) is 3.69. The molecule has 0 aliphatic heterocycles. The average molecular weight is 265 g/mol. The zero-order chi connectivity index (χ0) is 13.0. The summed E-state index contributed by atoms with van der Waals surface area (Å²) in [4.78, 5) is 0. The van der Waals surface area contributed by atoms with E-state index in [0.29, 0.717) is 17.9 Å². The van der Waals surface area contributed by atoms with E-state index in [1.165, 1.54) is 12.1 Å². The van der Waals surface area contributed by atoms with Gasteiger partial charge >= 0.3 is 0 Å². The molecular weight excluding hydrogens is 251 g/mol. The number of alkyl halides is 1. The fourth-order valence-corrected chi connectivity index (χ4v) is 2.31. The predicted molar refractivity (Wildman–Crippen MR) is 71.2 cm³/mol. The summed E-state index contributed by atoms with van der Waals surface area (Å²) in [5.41, 5.74) is 0.240. The van der Waals surface area contributed by atoms with Crippen LogP contribution in [-0.4, -0.2) is 11.0 Å². The molecule has 1 atom stereocenters. The molecule has 0 saturated carbocycles. The zero-order valence-corrected chi connectivity index (χ0v) is 10.6. The summed E-state index contributed by atoms with van der Waals surface area (Å²) in [5.74, 6) is 0.00278. The van der Waals surface area contributed by atoms with Crippen LogP contribution < -0.4 is 0 Å². The van der Waals surface area contributed by atoms with Gasteiger partial charge in [-0.1, -0.05) is 42.5 Å². The van der Waals surface area contributed by atoms with Gasteiger partial charge in [0.1, 0.15) is 11.4 Å². The van der Waals surface area contributed by atoms with Crippen molar-refractivity contribution in [1.29, 1.82) is 0 Å². The Labute approximate surface area is 111 Å². The van der Waals surface area contributed by atoms with Crippen LogP contribution in [0.15, 0.2) is 54.6 Å². The Kier molecular flexibility index (Phi) is 4.00. The van der Waals surface area contributed by atoms with E-state index < -0.39 is 5.60 Å². The molecule has 2 aromatic rings. The van der Waals surface area contributed by atoms with Gasteiger partial charge in [-0.15, -0.1) is 11.6 Å². The van der Waals surface area contributed by atoms with Crippen molar-refractivity contribution in [2.24, 2.45) is 0 Å². The first-order chi connectivity index (χ1) is 8.66. The van der Waals surface area contributed by atoms with Crippen molar-refractivity contribution in [3.05, 3.63) is 71.5 Å². The Balaban J connectivity index is 2.47. The molecular formula is C15H14ClFO. The summed E-state index contributed by atoms with van der Waals surface area (Å²) in [6, 6.07) is 15.2. The van der Waals surface area contributed by atoms with Crippen molar-refractivity contribution < 1.29 is 9.50 Å². The van der Waals surface area contributed by atoms with Crippen LogP contribution in [0.5, 0.6) is 0 Å². The summed E-state index contributed by atoms with van der Waals surface area (Å²) in [7, 11) is 0. The van der Waals surface area contributed by atoms with E-state index in [0.717, 1.165) is 5.56 Å². The minimum Gasteiger partial charge on any atom is -0.380 e. The van der Waals surface area contributed by atoms with Crippen LogP contribution in [0.25, 0.3) is 0 Å². The van der Waals surface area contributed by atoms with Crippen LogP contribution in [0, 0.1) is 5.82 Å². The van der Waals surface area contributed by atoms with Crippen molar-refractivity contribution in [1.82, 2.24) is 0 Å². The normalized spacial score (nSPS) is 14.2. The molecule has 2 aromatic carbocycles. The Morgan fingerprint density at radius 1 is 0.944 bits per heavy atom. The lowest BCUT2D eigenvalue weighted by Crippen LogP contribution is -2.27. The Morgan fingerprint density at radius 2 is 1.50 bits per heavy atom. The van der Waals surface area contributed by atoms with E-state index in [-0.39, 0.29) is 5.82 Å². The average Bonchev–Trinajstić information content (AvgIpc) is 2.40. The number of benzene rings is 2. The monoisotopic (exact) mass is 264 g/mol. The molecule has 1 nitrogen and oxygen atoms in total. The highest BCUT2D eigenvalue weighted by Crippen LogP contribution is 2.33. The van der Waals surface area contributed by atoms with E-state index >= 15 is 0 Å². The summed E-state index contributed by atoms with van der Waals surface area (Å²) in [5, 5.41) is 10.8. The van der Waals surface area contributed by atoms with Gasteiger partial charge in [0.05, 0.1) is 0 Å². The molecule has 2 rings (SSSR count). The quantitative estimate of drug-likeness (QED) is 0.835. The number of halogens is 2. The van der Waals surface area contributed by atoms with Gasteiger partial charge in [-0.25, -0.2) is 4.39 Å².